The molecule has 1 aromatic carbocycles. The third-order valence-electron chi connectivity index (χ3n) is 2.60. The maximum Gasteiger partial charge on any atom is 0.319 e. The van der Waals surface area contributed by atoms with Crippen molar-refractivity contribution in [1.82, 2.24) is 5.32 Å². The molecule has 1 atom stereocenters. The van der Waals surface area contributed by atoms with E-state index in [0.717, 1.165) is 12.1 Å². The van der Waals surface area contributed by atoms with Crippen molar-refractivity contribution >= 4 is 5.97 Å². The van der Waals surface area contributed by atoms with E-state index in [1.165, 1.54) is 6.92 Å². The number of hydrogen-bond donors (Lipinski definition) is 1. The van der Waals surface area contributed by atoms with Crippen molar-refractivity contribution in [3.8, 4) is 0 Å². The highest BCUT2D eigenvalue weighted by Gasteiger charge is 2.14. The van der Waals surface area contributed by atoms with E-state index in [4.69, 9.17) is 4.74 Å². The summed E-state index contributed by atoms with van der Waals surface area (Å²) in [5, 5.41) is 2.79. The van der Waals surface area contributed by atoms with Crippen LogP contribution in [-0.2, 0) is 9.53 Å². The lowest BCUT2D eigenvalue weighted by Crippen LogP contribution is -2.28. The second-order valence-corrected chi connectivity index (χ2v) is 4.03. The summed E-state index contributed by atoms with van der Waals surface area (Å²) < 4.78 is 31.7. The van der Waals surface area contributed by atoms with Crippen LogP contribution in [0.15, 0.2) is 12.1 Å². The van der Waals surface area contributed by atoms with Crippen LogP contribution in [-0.4, -0.2) is 19.1 Å². The van der Waals surface area contributed by atoms with Crippen LogP contribution >= 0.6 is 0 Å². The van der Waals surface area contributed by atoms with Crippen LogP contribution < -0.4 is 5.32 Å². The molecule has 0 fully saturated rings. The first-order chi connectivity index (χ1) is 8.45. The first kappa shape index (κ1) is 14.6. The molecule has 1 N–H and O–H groups in total. The second-order valence-electron chi connectivity index (χ2n) is 4.03. The number of aryl methyl sites for hydroxylation is 1. The minimum absolute atomic E-state index is 0.0378. The van der Waals surface area contributed by atoms with E-state index in [2.05, 4.69) is 5.32 Å². The maximum atomic E-state index is 13.6. The van der Waals surface area contributed by atoms with E-state index < -0.39 is 23.6 Å². The average Bonchev–Trinajstić information content (AvgIpc) is 2.31. The predicted molar refractivity (Wildman–Crippen MR) is 64.1 cm³/mol. The maximum absolute atomic E-state index is 13.6. The van der Waals surface area contributed by atoms with Gasteiger partial charge in [-0.25, -0.2) is 8.78 Å². The summed E-state index contributed by atoms with van der Waals surface area (Å²) in [6.07, 6.45) is 0. The molecule has 0 radical (unpaired) electrons. The van der Waals surface area contributed by atoms with Gasteiger partial charge in [-0.15, -0.1) is 0 Å². The van der Waals surface area contributed by atoms with Crippen molar-refractivity contribution in [1.29, 1.82) is 0 Å². The van der Waals surface area contributed by atoms with Crippen LogP contribution in [0.3, 0.4) is 0 Å². The summed E-state index contributed by atoms with van der Waals surface area (Å²) in [4.78, 5) is 11.1. The molecule has 1 aromatic rings. The van der Waals surface area contributed by atoms with Gasteiger partial charge in [-0.05, 0) is 38.5 Å². The van der Waals surface area contributed by atoms with Crippen LogP contribution in [0.5, 0.6) is 0 Å². The van der Waals surface area contributed by atoms with Gasteiger partial charge in [0.05, 0.1) is 13.2 Å². The lowest BCUT2D eigenvalue weighted by atomic mass is 10.1. The second kappa shape index (κ2) is 6.44. The largest absolute Gasteiger partial charge is 0.465 e. The molecular weight excluding hydrogens is 240 g/mol. The molecule has 0 saturated carbocycles. The van der Waals surface area contributed by atoms with Crippen molar-refractivity contribution in [2.24, 2.45) is 0 Å². The first-order valence-electron chi connectivity index (χ1n) is 5.80. The number of hydrogen-bond acceptors (Lipinski definition) is 3. The van der Waals surface area contributed by atoms with Gasteiger partial charge in [0, 0.05) is 11.6 Å². The Bertz CT molecular complexity index is 435. The highest BCUT2D eigenvalue weighted by molar-refractivity contribution is 5.71. The summed E-state index contributed by atoms with van der Waals surface area (Å²) in [7, 11) is 0. The lowest BCUT2D eigenvalue weighted by molar-refractivity contribution is -0.142. The zero-order valence-corrected chi connectivity index (χ0v) is 10.7. The zero-order valence-electron chi connectivity index (χ0n) is 10.7. The quantitative estimate of drug-likeness (QED) is 0.824. The highest BCUT2D eigenvalue weighted by Crippen LogP contribution is 2.20. The van der Waals surface area contributed by atoms with Gasteiger partial charge in [-0.1, -0.05) is 0 Å². The van der Waals surface area contributed by atoms with E-state index in [1.54, 1.807) is 13.8 Å². The van der Waals surface area contributed by atoms with Gasteiger partial charge in [0.2, 0.25) is 0 Å². The molecular formula is C13H17F2NO2. The van der Waals surface area contributed by atoms with Crippen molar-refractivity contribution < 1.29 is 18.3 Å². The third-order valence-corrected chi connectivity index (χ3v) is 2.60. The molecule has 0 aliphatic rings. The van der Waals surface area contributed by atoms with E-state index in [0.29, 0.717) is 6.61 Å². The lowest BCUT2D eigenvalue weighted by Gasteiger charge is -2.15. The third kappa shape index (κ3) is 3.77. The molecule has 0 bridgehead atoms. The topological polar surface area (TPSA) is 38.3 Å². The van der Waals surface area contributed by atoms with Crippen molar-refractivity contribution in [2.45, 2.75) is 26.8 Å². The Labute approximate surface area is 105 Å². The van der Waals surface area contributed by atoms with Crippen LogP contribution in [0.4, 0.5) is 8.78 Å². The van der Waals surface area contributed by atoms with Crippen LogP contribution in [0.2, 0.25) is 0 Å². The minimum Gasteiger partial charge on any atom is -0.465 e. The molecule has 0 saturated heterocycles. The predicted octanol–water partition coefficient (Wildman–Crippen LogP) is 2.49. The van der Waals surface area contributed by atoms with E-state index in [-0.39, 0.29) is 17.7 Å². The number of carbonyl (C=O) groups excluding carboxylic acids is 1. The standard InChI is InChI=1S/C13H17F2NO2/c1-4-18-13(17)7-16-9(3)10-6-11(14)8(2)5-12(10)15/h5-6,9,16H,4,7H2,1-3H3. The molecule has 1 unspecified atom stereocenters. The van der Waals surface area contributed by atoms with Gasteiger partial charge in [0.1, 0.15) is 11.6 Å². The zero-order chi connectivity index (χ0) is 13.7. The average molecular weight is 257 g/mol. The van der Waals surface area contributed by atoms with Crippen LogP contribution in [0.1, 0.15) is 31.0 Å². The fourth-order valence-corrected chi connectivity index (χ4v) is 1.55. The van der Waals surface area contributed by atoms with Gasteiger partial charge in [-0.2, -0.15) is 0 Å². The Morgan fingerprint density at radius 1 is 1.39 bits per heavy atom. The van der Waals surface area contributed by atoms with Crippen LogP contribution in [0.25, 0.3) is 0 Å². The van der Waals surface area contributed by atoms with Crippen molar-refractivity contribution in [2.75, 3.05) is 13.2 Å². The summed E-state index contributed by atoms with van der Waals surface area (Å²) in [5.41, 5.74) is 0.455. The molecule has 3 nitrogen and oxygen atoms in total. The molecule has 0 spiro atoms. The molecule has 0 aliphatic heterocycles. The van der Waals surface area contributed by atoms with Crippen LogP contribution in [0, 0.1) is 18.6 Å². The number of nitrogens with one attached hydrogen (secondary N) is 1. The Balaban J connectivity index is 2.69. The number of benzene rings is 1. The van der Waals surface area contributed by atoms with Gasteiger partial charge in [0.25, 0.3) is 0 Å². The first-order valence-corrected chi connectivity index (χ1v) is 5.80. The smallest absolute Gasteiger partial charge is 0.319 e. The summed E-state index contributed by atoms with van der Waals surface area (Å²) >= 11 is 0. The van der Waals surface area contributed by atoms with E-state index in [1.807, 2.05) is 0 Å². The molecule has 5 heteroatoms. The fourth-order valence-electron chi connectivity index (χ4n) is 1.55. The fraction of sp³-hybridized carbons (Fsp3) is 0.462. The Hall–Kier alpha value is -1.49. The monoisotopic (exact) mass is 257 g/mol. The SMILES string of the molecule is CCOC(=O)CNC(C)c1cc(F)c(C)cc1F. The number of carbonyl (C=O) groups is 1. The molecule has 1 rings (SSSR count). The number of halogens is 2. The summed E-state index contributed by atoms with van der Waals surface area (Å²) in [5.74, 6) is -1.37. The van der Waals surface area contributed by atoms with Gasteiger partial charge < -0.3 is 10.1 Å². The molecule has 0 aromatic heterocycles. The Morgan fingerprint density at radius 3 is 2.67 bits per heavy atom. The minimum atomic E-state index is -0.488. The van der Waals surface area contributed by atoms with E-state index >= 15 is 0 Å². The van der Waals surface area contributed by atoms with Gasteiger partial charge in [0.15, 0.2) is 0 Å². The molecule has 0 aliphatic carbocycles. The normalized spacial score (nSPS) is 12.3. The number of rotatable bonds is 5. The molecule has 100 valence electrons. The molecule has 18 heavy (non-hydrogen) atoms. The van der Waals surface area contributed by atoms with Crippen molar-refractivity contribution in [3.05, 3.63) is 34.9 Å². The van der Waals surface area contributed by atoms with E-state index in [9.17, 15) is 13.6 Å². The van der Waals surface area contributed by atoms with Gasteiger partial charge >= 0.3 is 5.97 Å². The Morgan fingerprint density at radius 2 is 2.06 bits per heavy atom. The Kier molecular flexibility index (Phi) is 5.22. The summed E-state index contributed by atoms with van der Waals surface area (Å²) in [6.45, 7) is 5.12. The molecule has 0 heterocycles. The van der Waals surface area contributed by atoms with Gasteiger partial charge in [-0.3, -0.25) is 4.79 Å². The highest BCUT2D eigenvalue weighted by atomic mass is 19.1. The number of esters is 1. The molecule has 0 amide bonds. The number of ether oxygens (including phenoxy) is 1. The summed E-state index contributed by atoms with van der Waals surface area (Å²) in [6, 6.07) is 1.82. The van der Waals surface area contributed by atoms with Crippen molar-refractivity contribution in [3.63, 3.8) is 0 Å².